The molecule has 200 valence electrons. The predicted molar refractivity (Wildman–Crippen MR) is 139 cm³/mol. The van der Waals surface area contributed by atoms with Crippen molar-refractivity contribution in [2.24, 2.45) is 11.7 Å². The van der Waals surface area contributed by atoms with Gasteiger partial charge < -0.3 is 30.0 Å². The van der Waals surface area contributed by atoms with Crippen molar-refractivity contribution in [2.45, 2.75) is 38.1 Å². The van der Waals surface area contributed by atoms with E-state index >= 15 is 0 Å². The van der Waals surface area contributed by atoms with Crippen LogP contribution in [-0.2, 0) is 9.59 Å². The number of amides is 1. The number of unbranched alkanes of at least 4 members (excludes halogenated alkanes) is 1. The molecule has 2 aliphatic rings. The van der Waals surface area contributed by atoms with Crippen molar-refractivity contribution in [3.05, 3.63) is 53.6 Å². The van der Waals surface area contributed by atoms with Crippen LogP contribution in [0.3, 0.4) is 0 Å². The van der Waals surface area contributed by atoms with Gasteiger partial charge in [0, 0.05) is 31.6 Å². The zero-order chi connectivity index (χ0) is 26.4. The lowest BCUT2D eigenvalue weighted by atomic mass is 9.82. The quantitative estimate of drug-likeness (QED) is 0.446. The van der Waals surface area contributed by atoms with Crippen LogP contribution in [0.25, 0.3) is 0 Å². The number of nitrogens with two attached hydrogens (primary N) is 1. The summed E-state index contributed by atoms with van der Waals surface area (Å²) in [7, 11) is 1.59. The zero-order valence-electron chi connectivity index (χ0n) is 21.6. The summed E-state index contributed by atoms with van der Waals surface area (Å²) >= 11 is 0. The lowest BCUT2D eigenvalue weighted by Crippen LogP contribution is -2.42. The Bertz CT molecular complexity index is 1070. The summed E-state index contributed by atoms with van der Waals surface area (Å²) in [4.78, 5) is 30.1. The number of fused-ring (bicyclic) bond motifs is 1. The molecule has 9 nitrogen and oxygen atoms in total. The van der Waals surface area contributed by atoms with E-state index in [-0.39, 0.29) is 25.2 Å². The normalized spacial score (nSPS) is 20.7. The summed E-state index contributed by atoms with van der Waals surface area (Å²) in [5, 5.41) is 10.4. The van der Waals surface area contributed by atoms with Crippen LogP contribution in [0.4, 0.5) is 0 Å². The molecule has 0 spiro atoms. The highest BCUT2D eigenvalue weighted by Crippen LogP contribution is 2.47. The van der Waals surface area contributed by atoms with Crippen LogP contribution in [0, 0.1) is 5.92 Å². The van der Waals surface area contributed by atoms with Gasteiger partial charge in [-0.15, -0.1) is 0 Å². The third-order valence-corrected chi connectivity index (χ3v) is 7.27. The second kappa shape index (κ2) is 12.3. The van der Waals surface area contributed by atoms with Gasteiger partial charge in [-0.25, -0.2) is 0 Å². The summed E-state index contributed by atoms with van der Waals surface area (Å²) in [5.74, 6) is -0.0327. The van der Waals surface area contributed by atoms with Crippen LogP contribution in [0.5, 0.6) is 17.2 Å². The van der Waals surface area contributed by atoms with E-state index in [9.17, 15) is 14.7 Å². The number of hydrogen-bond donors (Lipinski definition) is 2. The van der Waals surface area contributed by atoms with E-state index < -0.39 is 17.9 Å². The van der Waals surface area contributed by atoms with Gasteiger partial charge in [0.25, 0.3) is 0 Å². The maximum Gasteiger partial charge on any atom is 0.309 e. The Balaban J connectivity index is 1.67. The van der Waals surface area contributed by atoms with Gasteiger partial charge in [0.1, 0.15) is 5.75 Å². The molecule has 1 saturated heterocycles. The smallest absolute Gasteiger partial charge is 0.309 e. The summed E-state index contributed by atoms with van der Waals surface area (Å²) < 4.78 is 16.3. The number of methoxy groups -OCH3 is 1. The number of aliphatic carboxylic acids is 1. The average Bonchev–Trinajstić information content (AvgIpc) is 3.53. The molecule has 0 aliphatic carbocycles. The summed E-state index contributed by atoms with van der Waals surface area (Å²) in [6.45, 7) is 4.60. The maximum absolute atomic E-state index is 13.5. The van der Waals surface area contributed by atoms with E-state index in [0.717, 1.165) is 30.4 Å². The standard InChI is InChI=1S/C28H37N3O6/c1-3-4-13-30(14-5-12-29)25(32)17-31-16-22(20-8-11-23-24(15-20)37-18-36-23)26(28(33)34)27(31)19-6-9-21(35-2)10-7-19/h6-11,15,22,26-27H,3-5,12-14,16-18,29H2,1-2H3,(H,33,34)/t22?,26-,27+/m0/s1. The molecule has 0 saturated carbocycles. The number of benzene rings is 2. The number of nitrogens with zero attached hydrogens (tertiary/aromatic N) is 2. The van der Waals surface area contributed by atoms with E-state index in [4.69, 9.17) is 19.9 Å². The monoisotopic (exact) mass is 511 g/mol. The van der Waals surface area contributed by atoms with Crippen molar-refractivity contribution in [3.63, 3.8) is 0 Å². The van der Waals surface area contributed by atoms with Gasteiger partial charge in [0.15, 0.2) is 11.5 Å². The van der Waals surface area contributed by atoms with E-state index in [1.165, 1.54) is 0 Å². The first-order valence-electron chi connectivity index (χ1n) is 12.9. The Morgan fingerprint density at radius 2 is 1.78 bits per heavy atom. The maximum atomic E-state index is 13.5. The fraction of sp³-hybridized carbons (Fsp3) is 0.500. The summed E-state index contributed by atoms with van der Waals surface area (Å²) in [6.07, 6.45) is 2.63. The molecular formula is C28H37N3O6. The van der Waals surface area contributed by atoms with Gasteiger partial charge >= 0.3 is 5.97 Å². The van der Waals surface area contributed by atoms with Gasteiger partial charge in [-0.3, -0.25) is 14.5 Å². The average molecular weight is 512 g/mol. The molecule has 1 fully saturated rings. The van der Waals surface area contributed by atoms with Crippen LogP contribution >= 0.6 is 0 Å². The first kappa shape index (κ1) is 26.8. The number of carbonyl (C=O) groups excluding carboxylic acids is 1. The number of carboxylic acid groups (broad SMARTS) is 1. The molecule has 3 atom stereocenters. The fourth-order valence-electron chi connectivity index (χ4n) is 5.34. The summed E-state index contributed by atoms with van der Waals surface area (Å²) in [5.41, 5.74) is 7.42. The second-order valence-electron chi connectivity index (χ2n) is 9.61. The van der Waals surface area contributed by atoms with Crippen LogP contribution < -0.4 is 19.9 Å². The molecule has 2 aromatic rings. The Kier molecular flexibility index (Phi) is 8.89. The topological polar surface area (TPSA) is 115 Å². The number of likely N-dealkylation sites (tertiary alicyclic amines) is 1. The van der Waals surface area contributed by atoms with Crippen molar-refractivity contribution in [1.82, 2.24) is 9.80 Å². The lowest BCUT2D eigenvalue weighted by Gasteiger charge is -2.30. The Morgan fingerprint density at radius 3 is 2.46 bits per heavy atom. The molecule has 0 bridgehead atoms. The van der Waals surface area contributed by atoms with Crippen LogP contribution in [0.15, 0.2) is 42.5 Å². The van der Waals surface area contributed by atoms with Crippen LogP contribution in [0.2, 0.25) is 0 Å². The molecule has 4 rings (SSSR count). The first-order chi connectivity index (χ1) is 18.0. The lowest BCUT2D eigenvalue weighted by molar-refractivity contribution is -0.144. The number of carboxylic acids is 1. The minimum Gasteiger partial charge on any atom is -0.497 e. The van der Waals surface area contributed by atoms with E-state index in [1.807, 2.05) is 52.3 Å². The van der Waals surface area contributed by atoms with E-state index in [2.05, 4.69) is 6.92 Å². The highest BCUT2D eigenvalue weighted by molar-refractivity contribution is 5.79. The minimum absolute atomic E-state index is 0.00381. The van der Waals surface area contributed by atoms with Crippen LogP contribution in [-0.4, -0.2) is 73.4 Å². The van der Waals surface area contributed by atoms with Crippen molar-refractivity contribution in [3.8, 4) is 17.2 Å². The number of ether oxygens (including phenoxy) is 3. The van der Waals surface area contributed by atoms with Crippen molar-refractivity contribution in [1.29, 1.82) is 0 Å². The Hall–Kier alpha value is -3.30. The molecular weight excluding hydrogens is 474 g/mol. The predicted octanol–water partition coefficient (Wildman–Crippen LogP) is 3.24. The van der Waals surface area contributed by atoms with Gasteiger partial charge in [0.2, 0.25) is 12.7 Å². The molecule has 2 aromatic carbocycles. The largest absolute Gasteiger partial charge is 0.497 e. The molecule has 37 heavy (non-hydrogen) atoms. The summed E-state index contributed by atoms with van der Waals surface area (Å²) in [6, 6.07) is 12.6. The van der Waals surface area contributed by atoms with Crippen molar-refractivity contribution >= 4 is 11.9 Å². The SMILES string of the molecule is CCCCN(CCCN)C(=O)CN1CC(c2ccc3c(c2)OCO3)[C@H](C(=O)O)[C@H]1c1ccc(OC)cc1. The Labute approximate surface area is 218 Å². The third-order valence-electron chi connectivity index (χ3n) is 7.27. The molecule has 0 radical (unpaired) electrons. The van der Waals surface area contributed by atoms with Crippen molar-refractivity contribution < 1.29 is 28.9 Å². The molecule has 1 unspecified atom stereocenters. The van der Waals surface area contributed by atoms with Gasteiger partial charge in [0.05, 0.1) is 19.6 Å². The minimum atomic E-state index is -0.899. The molecule has 2 aliphatic heterocycles. The fourth-order valence-corrected chi connectivity index (χ4v) is 5.34. The first-order valence-corrected chi connectivity index (χ1v) is 12.9. The molecule has 3 N–H and O–H groups in total. The number of rotatable bonds is 12. The zero-order valence-corrected chi connectivity index (χ0v) is 21.6. The number of carbonyl (C=O) groups is 2. The highest BCUT2D eigenvalue weighted by atomic mass is 16.7. The molecule has 0 aromatic heterocycles. The Morgan fingerprint density at radius 1 is 1.08 bits per heavy atom. The van der Waals surface area contributed by atoms with E-state index in [1.54, 1.807) is 7.11 Å². The number of hydrogen-bond acceptors (Lipinski definition) is 7. The van der Waals surface area contributed by atoms with Crippen molar-refractivity contribution in [2.75, 3.05) is 46.6 Å². The van der Waals surface area contributed by atoms with Gasteiger partial charge in [-0.2, -0.15) is 0 Å². The second-order valence-corrected chi connectivity index (χ2v) is 9.61. The van der Waals surface area contributed by atoms with Gasteiger partial charge in [-0.05, 0) is 54.8 Å². The van der Waals surface area contributed by atoms with Crippen LogP contribution in [0.1, 0.15) is 49.3 Å². The molecule has 2 heterocycles. The molecule has 1 amide bonds. The highest BCUT2D eigenvalue weighted by Gasteiger charge is 2.48. The van der Waals surface area contributed by atoms with Gasteiger partial charge in [-0.1, -0.05) is 31.5 Å². The van der Waals surface area contributed by atoms with E-state index in [0.29, 0.717) is 43.4 Å². The molecule has 9 heteroatoms. The third kappa shape index (κ3) is 5.99.